The number of nitrogens with two attached hydrogens (primary N) is 2. The number of rotatable bonds is 49. The van der Waals surface area contributed by atoms with Gasteiger partial charge in [-0.15, -0.1) is 0 Å². The summed E-state index contributed by atoms with van der Waals surface area (Å²) < 4.78 is 12.1. The number of aromatic amines is 2. The van der Waals surface area contributed by atoms with Crippen LogP contribution in [0.2, 0.25) is 0 Å². The lowest BCUT2D eigenvalue weighted by molar-refractivity contribution is -0.142. The Hall–Kier alpha value is -16.1. The number of phenolic OH excluding ortho intramolecular Hbond substituents is 2. The maximum atomic E-state index is 14.3. The lowest BCUT2D eigenvalue weighted by Crippen LogP contribution is -2.61. The molecule has 0 fully saturated rings. The van der Waals surface area contributed by atoms with Gasteiger partial charge < -0.3 is 136 Å². The number of H-pyrrole nitrogens is 2. The van der Waals surface area contributed by atoms with Crippen LogP contribution in [0, 0.1) is 17.2 Å². The molecule has 0 unspecified atom stereocenters. The zero-order valence-electron chi connectivity index (χ0n) is 74.1. The van der Waals surface area contributed by atoms with Crippen LogP contribution in [0.25, 0.3) is 0 Å². The van der Waals surface area contributed by atoms with Gasteiger partial charge >= 0.3 is 29.9 Å². The van der Waals surface area contributed by atoms with E-state index in [0.29, 0.717) is 0 Å². The van der Waals surface area contributed by atoms with E-state index in [9.17, 15) is 121 Å². The normalized spacial score (nSPS) is 15.0. The van der Waals surface area contributed by atoms with Crippen LogP contribution in [-0.4, -0.2) is 262 Å². The zero-order chi connectivity index (χ0) is 99.3. The van der Waals surface area contributed by atoms with Crippen LogP contribution in [0.4, 0.5) is 4.79 Å². The molecular weight excluding hydrogens is 1770 g/mol. The first kappa shape index (κ1) is 105. The molecule has 51 heteroatoms. The molecule has 0 saturated carbocycles. The Morgan fingerprint density at radius 3 is 1.39 bits per heavy atom. The summed E-state index contributed by atoms with van der Waals surface area (Å²) in [6.07, 6.45) is 1.36. The molecule has 29 N–H and O–H groups in total. The summed E-state index contributed by atoms with van der Waals surface area (Å²) in [5, 5.41) is 92.6. The molecule has 2 aliphatic rings. The van der Waals surface area contributed by atoms with Gasteiger partial charge in [-0.05, 0) is 121 Å². The minimum Gasteiger partial charge on any atom is -0.508 e. The van der Waals surface area contributed by atoms with Crippen molar-refractivity contribution in [3.05, 3.63) is 119 Å². The first-order chi connectivity index (χ1) is 63.2. The third-order valence-corrected chi connectivity index (χ3v) is 21.2. The summed E-state index contributed by atoms with van der Waals surface area (Å²) in [6, 6.07) is -9.41. The molecule has 5 aromatic rings. The summed E-state index contributed by atoms with van der Waals surface area (Å²) in [5.74, 6) is -22.3. The number of nitrogens with one attached hydrogen (secondary N) is 20. The molecule has 17 amide bonds. The monoisotopic (exact) mass is 1870 g/mol. The number of phenols is 2. The molecule has 724 valence electrons. The predicted octanol–water partition coefficient (Wildman–Crippen LogP) is -5.01. The van der Waals surface area contributed by atoms with E-state index >= 15 is 0 Å². The zero-order valence-corrected chi connectivity index (χ0v) is 74.1. The van der Waals surface area contributed by atoms with Crippen molar-refractivity contribution in [1.29, 1.82) is 5.41 Å². The number of hydrazine groups is 1. The summed E-state index contributed by atoms with van der Waals surface area (Å²) >= 11 is 0. The Labute approximate surface area is 763 Å². The maximum absolute atomic E-state index is 14.3. The van der Waals surface area contributed by atoms with Gasteiger partial charge in [-0.1, -0.05) is 34.1 Å². The van der Waals surface area contributed by atoms with Gasteiger partial charge in [0.05, 0.1) is 36.2 Å². The lowest BCUT2D eigenvalue weighted by atomic mass is 9.77. The number of esters is 1. The van der Waals surface area contributed by atoms with Gasteiger partial charge in [-0.3, -0.25) is 92.3 Å². The van der Waals surface area contributed by atoms with Crippen LogP contribution in [0.1, 0.15) is 169 Å². The third kappa shape index (κ3) is 30.0. The second-order valence-electron chi connectivity index (χ2n) is 32.0. The highest BCUT2D eigenvalue weighted by Gasteiger charge is 2.54. The van der Waals surface area contributed by atoms with Crippen LogP contribution in [0.5, 0.6) is 23.0 Å². The van der Waals surface area contributed by atoms with E-state index in [1.165, 1.54) is 107 Å². The highest BCUT2D eigenvalue weighted by Crippen LogP contribution is 2.57. The van der Waals surface area contributed by atoms with Gasteiger partial charge in [-0.2, -0.15) is 0 Å². The van der Waals surface area contributed by atoms with E-state index in [1.54, 1.807) is 20.8 Å². The molecule has 14 atom stereocenters. The topological polar surface area (TPSA) is 799 Å². The van der Waals surface area contributed by atoms with Gasteiger partial charge in [0, 0.05) is 85.4 Å². The van der Waals surface area contributed by atoms with Crippen LogP contribution in [0.3, 0.4) is 0 Å². The second kappa shape index (κ2) is 48.6. The van der Waals surface area contributed by atoms with E-state index < -0.39 is 260 Å². The lowest BCUT2D eigenvalue weighted by Gasteiger charge is -2.36. The second-order valence-corrected chi connectivity index (χ2v) is 32.0. The van der Waals surface area contributed by atoms with Crippen LogP contribution < -0.4 is 107 Å². The molecule has 3 aromatic carbocycles. The number of fused-ring (bicyclic) bond motifs is 6. The van der Waals surface area contributed by atoms with Crippen LogP contribution in [-0.2, 0) is 105 Å². The molecule has 1 spiro atoms. The summed E-state index contributed by atoms with van der Waals surface area (Å²) in [6.45, 7) is 11.6. The van der Waals surface area contributed by atoms with E-state index in [-0.39, 0.29) is 107 Å². The Bertz CT molecular complexity index is 5170. The number of aromatic hydroxyl groups is 2. The van der Waals surface area contributed by atoms with Crippen molar-refractivity contribution in [2.45, 2.75) is 217 Å². The van der Waals surface area contributed by atoms with Crippen molar-refractivity contribution in [3.8, 4) is 23.0 Å². The molecule has 4 heterocycles. The molecule has 51 nitrogen and oxygen atoms in total. The highest BCUT2D eigenvalue weighted by atomic mass is 16.6. The number of urea groups is 1. The molecule has 134 heavy (non-hydrogen) atoms. The molecule has 2 aliphatic heterocycles. The third-order valence-electron chi connectivity index (χ3n) is 21.2. The number of nitrogens with zero attached hydrogens (tertiary/aromatic N) is 2. The first-order valence-electron chi connectivity index (χ1n) is 42.2. The number of carbonyl (C=O) groups is 20. The highest BCUT2D eigenvalue weighted by molar-refractivity contribution is 6.04. The Balaban J connectivity index is 0.932. The largest absolute Gasteiger partial charge is 0.508 e. The van der Waals surface area contributed by atoms with Crippen molar-refractivity contribution in [2.24, 2.45) is 23.3 Å². The smallest absolute Gasteiger partial charge is 0.340 e. The molecule has 0 aliphatic carbocycles. The fraction of sp³-hybridized carbons (Fsp3) is 0.458. The number of ether oxygens (including phenoxy) is 2. The average molecular weight is 1880 g/mol. The summed E-state index contributed by atoms with van der Waals surface area (Å²) in [5.41, 5.74) is 13.9. The first-order valence-corrected chi connectivity index (χ1v) is 42.2. The minimum atomic E-state index is -1.79. The SMILES string of the molecule is CC[C@H](C)[C@H](NC(=O)[C@H](CCC(=O)O)NC(=O)[C@H](C)NC(=O)[C@H](Cc1c[nH]cn1)NC(=O)[C@H](C)NC(=O)[C@H](C)NC(=O)[C@H](Cc1c[nH]cn1)NC(=O)[C@@H](NC(=O)[C@H](C)NC(=O)[C@H](CCC(N)=O)NC(=O)c1ccc2c(c1)C1(OC2=O)c2ccc(O)cc2Oc2cc(O)ccc21)C(C)C)C(=O)NNC(=O)N[C@@H](CCC(=O)O)C(=O)N[C@@H](C)C(=O)NCC(=O)N[C@@H](CCCNC(=N)N)C(=O)O. The number of hydrogen-bond donors (Lipinski definition) is 27. The predicted molar refractivity (Wildman–Crippen MR) is 463 cm³/mol. The molecular formula is C83H110N24O27. The minimum absolute atomic E-state index is 0.0323. The molecule has 0 bridgehead atoms. The number of imidazole rings is 2. The fourth-order valence-corrected chi connectivity index (χ4v) is 13.6. The molecule has 7 rings (SSSR count). The number of aromatic nitrogens is 4. The Morgan fingerprint density at radius 2 is 0.910 bits per heavy atom. The van der Waals surface area contributed by atoms with Gasteiger partial charge in [0.2, 0.25) is 76.8 Å². The van der Waals surface area contributed by atoms with Gasteiger partial charge in [-0.25, -0.2) is 29.8 Å². The van der Waals surface area contributed by atoms with Crippen molar-refractivity contribution in [1.82, 2.24) is 111 Å². The van der Waals surface area contributed by atoms with Crippen LogP contribution >= 0.6 is 0 Å². The molecule has 0 radical (unpaired) electrons. The van der Waals surface area contributed by atoms with Crippen molar-refractivity contribution in [2.75, 3.05) is 13.1 Å². The molecule has 0 saturated heterocycles. The molecule has 2 aromatic heterocycles. The van der Waals surface area contributed by atoms with Crippen molar-refractivity contribution >= 4 is 124 Å². The number of carboxylic acid groups (broad SMARTS) is 3. The summed E-state index contributed by atoms with van der Waals surface area (Å²) in [4.78, 5) is 282. The average Bonchev–Trinajstić information content (AvgIpc) is 1.52. The number of amides is 17. The van der Waals surface area contributed by atoms with Gasteiger partial charge in [0.25, 0.3) is 11.8 Å². The number of hydrogen-bond acceptors (Lipinski definition) is 27. The number of carboxylic acids is 3. The summed E-state index contributed by atoms with van der Waals surface area (Å²) in [7, 11) is 0. The van der Waals surface area contributed by atoms with E-state index in [0.717, 1.165) is 13.8 Å². The van der Waals surface area contributed by atoms with E-state index in [2.05, 4.69) is 99.7 Å². The van der Waals surface area contributed by atoms with Crippen molar-refractivity contribution in [3.63, 3.8) is 0 Å². The number of benzene rings is 3. The standard InChI is InChI=1S/C83H110N24O27/c1-10-37(4)65(78(128)106-107-82(132)103-54(21-24-63(114)115)73(123)94-38(5)66(116)90-33-61(111)98-55(79(129)130)12-11-25-89-81(85)86)105-74(124)53(20-23-62(112)113)99-68(118)41(8)97-75(125)56(27-44-31-87-34-91-44)101-69(119)40(7)93-67(117)39(6)96-76(126)57(28-45-32-88-35-92-45)102-77(127)64(36(2)3)104-70(120)42(9)95-72(122)52(19-22-60(84)110)100-71(121)43-13-16-48-51(26-43)83(134-80(48)131)49-17-14-46(108)29-58(49)133-59-30-47(109)15-18-50(59)83/h13-18,26,29-32,34-42,52-57,64-65,108-109H,10-12,19-25,27-28,33H2,1-9H3,(H2,84,110)(H,87,91)(H,88,92)(H,90,116)(H,93,117)(H,94,123)(H,95,122)(H,96,126)(H,97,125)(H,98,111)(H,99,118)(H,100,121)(H,101,119)(H,102,127)(H,104,120)(H,105,124)(H,106,128)(H,112,113)(H,114,115)(H,129,130)(H4,85,86,89)(H2,103,107,132)/t37-,38-,39-,40-,41-,42-,52-,53-,54-,55-,56-,57-,64-,65-/m0/s1. The number of guanidine groups is 1. The van der Waals surface area contributed by atoms with E-state index in [4.69, 9.17) is 26.4 Å². The van der Waals surface area contributed by atoms with E-state index in [1.807, 2.05) is 10.9 Å². The van der Waals surface area contributed by atoms with Gasteiger partial charge in [0.15, 0.2) is 11.6 Å². The quantitative estimate of drug-likeness (QED) is 0.00570. The number of primary amides is 1. The number of carbonyl (C=O) groups excluding carboxylic acids is 17. The van der Waals surface area contributed by atoms with Crippen LogP contribution in [0.15, 0.2) is 79.6 Å². The Morgan fingerprint density at radius 1 is 0.463 bits per heavy atom. The maximum Gasteiger partial charge on any atom is 0.340 e. The van der Waals surface area contributed by atoms with Gasteiger partial charge in [0.1, 0.15) is 102 Å². The van der Waals surface area contributed by atoms with Crippen molar-refractivity contribution < 1.29 is 131 Å². The fourth-order valence-electron chi connectivity index (χ4n) is 13.6. The number of aliphatic carboxylic acids is 3. The Kier molecular flexibility index (Phi) is 38.0.